The molecule has 0 saturated heterocycles. The van der Waals surface area contributed by atoms with E-state index < -0.39 is 6.10 Å². The Morgan fingerprint density at radius 3 is 2.36 bits per heavy atom. The highest BCUT2D eigenvalue weighted by atomic mass is 16.5. The Labute approximate surface area is 129 Å². The molecule has 1 amide bonds. The lowest BCUT2D eigenvalue weighted by atomic mass is 10.2. The Kier molecular flexibility index (Phi) is 5.80. The molecule has 0 bridgehead atoms. The van der Waals surface area contributed by atoms with Crippen molar-refractivity contribution >= 4 is 5.91 Å². The molecule has 2 rings (SSSR count). The summed E-state index contributed by atoms with van der Waals surface area (Å²) >= 11 is 0. The summed E-state index contributed by atoms with van der Waals surface area (Å²) in [4.78, 5) is 11.8. The second-order valence-corrected chi connectivity index (χ2v) is 4.72. The zero-order valence-corrected chi connectivity index (χ0v) is 12.4. The number of hydrogen-bond donors (Lipinski definition) is 2. The van der Waals surface area contributed by atoms with E-state index in [1.807, 2.05) is 6.07 Å². The maximum Gasteiger partial charge on any atom is 0.251 e. The Bertz CT molecular complexity index is 583. The van der Waals surface area contributed by atoms with Crippen molar-refractivity contribution in [1.29, 1.82) is 0 Å². The molecule has 0 radical (unpaired) electrons. The largest absolute Gasteiger partial charge is 0.497 e. The van der Waals surface area contributed by atoms with Crippen LogP contribution in [-0.4, -0.2) is 37.4 Å². The van der Waals surface area contributed by atoms with Crippen molar-refractivity contribution in [3.05, 3.63) is 60.2 Å². The molecule has 2 aromatic carbocycles. The van der Waals surface area contributed by atoms with E-state index in [1.165, 1.54) is 0 Å². The zero-order valence-electron chi connectivity index (χ0n) is 12.4. The van der Waals surface area contributed by atoms with E-state index in [2.05, 4.69) is 5.32 Å². The number of aliphatic hydroxyl groups excluding tert-OH is 1. The van der Waals surface area contributed by atoms with Crippen LogP contribution in [0.4, 0.5) is 0 Å². The van der Waals surface area contributed by atoms with Gasteiger partial charge in [0.15, 0.2) is 0 Å². The second-order valence-electron chi connectivity index (χ2n) is 4.72. The van der Waals surface area contributed by atoms with Crippen molar-refractivity contribution in [2.75, 3.05) is 20.3 Å². The Morgan fingerprint density at radius 1 is 1.09 bits per heavy atom. The molecular formula is C17H19NO4. The van der Waals surface area contributed by atoms with Gasteiger partial charge in [-0.3, -0.25) is 4.79 Å². The minimum absolute atomic E-state index is 0.0986. The number of amides is 1. The van der Waals surface area contributed by atoms with Crippen LogP contribution in [-0.2, 0) is 0 Å². The van der Waals surface area contributed by atoms with E-state index in [9.17, 15) is 9.90 Å². The molecule has 1 atom stereocenters. The van der Waals surface area contributed by atoms with Crippen LogP contribution in [0.5, 0.6) is 11.5 Å². The van der Waals surface area contributed by atoms with Gasteiger partial charge in [0.25, 0.3) is 5.91 Å². The van der Waals surface area contributed by atoms with E-state index in [1.54, 1.807) is 55.6 Å². The van der Waals surface area contributed by atoms with Gasteiger partial charge in [0.2, 0.25) is 0 Å². The number of aliphatic hydroxyl groups is 1. The van der Waals surface area contributed by atoms with Crippen molar-refractivity contribution in [1.82, 2.24) is 5.32 Å². The molecule has 0 aliphatic heterocycles. The number of carbonyl (C=O) groups excluding carboxylic acids is 1. The predicted octanol–water partition coefficient (Wildman–Crippen LogP) is 1.86. The number of hydrogen-bond acceptors (Lipinski definition) is 4. The molecule has 5 nitrogen and oxygen atoms in total. The van der Waals surface area contributed by atoms with E-state index >= 15 is 0 Å². The van der Waals surface area contributed by atoms with Crippen molar-refractivity contribution in [2.45, 2.75) is 6.10 Å². The van der Waals surface area contributed by atoms with Gasteiger partial charge in [-0.25, -0.2) is 0 Å². The Balaban J connectivity index is 1.73. The molecule has 0 aliphatic rings. The Hall–Kier alpha value is -2.53. The SMILES string of the molecule is COc1ccc(OC[C@@H](O)CNC(=O)c2ccccc2)cc1. The van der Waals surface area contributed by atoms with Gasteiger partial charge in [0.05, 0.1) is 7.11 Å². The molecule has 5 heteroatoms. The van der Waals surface area contributed by atoms with Gasteiger partial charge in [0, 0.05) is 12.1 Å². The molecule has 0 unspecified atom stereocenters. The lowest BCUT2D eigenvalue weighted by Gasteiger charge is -2.13. The van der Waals surface area contributed by atoms with Gasteiger partial charge >= 0.3 is 0 Å². The molecule has 0 spiro atoms. The van der Waals surface area contributed by atoms with Crippen LogP contribution in [0.15, 0.2) is 54.6 Å². The molecule has 22 heavy (non-hydrogen) atoms. The summed E-state index contributed by atoms with van der Waals surface area (Å²) in [6, 6.07) is 15.9. The summed E-state index contributed by atoms with van der Waals surface area (Å²) in [7, 11) is 1.59. The standard InChI is InChI=1S/C17H19NO4/c1-21-15-7-9-16(10-8-15)22-12-14(19)11-18-17(20)13-5-3-2-4-6-13/h2-10,14,19H,11-12H2,1H3,(H,18,20)/t14-/m0/s1. The molecule has 116 valence electrons. The van der Waals surface area contributed by atoms with Crippen LogP contribution >= 0.6 is 0 Å². The van der Waals surface area contributed by atoms with E-state index in [0.29, 0.717) is 11.3 Å². The monoisotopic (exact) mass is 301 g/mol. The second kappa shape index (κ2) is 8.05. The topological polar surface area (TPSA) is 67.8 Å². The van der Waals surface area contributed by atoms with Crippen LogP contribution in [0.3, 0.4) is 0 Å². The lowest BCUT2D eigenvalue weighted by Crippen LogP contribution is -2.35. The van der Waals surface area contributed by atoms with E-state index in [4.69, 9.17) is 9.47 Å². The fourth-order valence-corrected chi connectivity index (χ4v) is 1.83. The predicted molar refractivity (Wildman–Crippen MR) is 83.3 cm³/mol. The third-order valence-electron chi connectivity index (χ3n) is 3.04. The molecular weight excluding hydrogens is 282 g/mol. The molecule has 2 N–H and O–H groups in total. The number of carbonyl (C=O) groups is 1. The first-order chi connectivity index (χ1) is 10.7. The average Bonchev–Trinajstić information content (AvgIpc) is 2.59. The molecule has 0 fully saturated rings. The molecule has 2 aromatic rings. The number of ether oxygens (including phenoxy) is 2. The van der Waals surface area contributed by atoms with E-state index in [0.717, 1.165) is 5.75 Å². The first-order valence-electron chi connectivity index (χ1n) is 6.97. The minimum Gasteiger partial charge on any atom is -0.497 e. The van der Waals surface area contributed by atoms with Gasteiger partial charge in [-0.05, 0) is 36.4 Å². The highest BCUT2D eigenvalue weighted by molar-refractivity contribution is 5.94. The van der Waals surface area contributed by atoms with Crippen LogP contribution < -0.4 is 14.8 Å². The fraction of sp³-hybridized carbons (Fsp3) is 0.235. The fourth-order valence-electron chi connectivity index (χ4n) is 1.83. The molecule has 0 heterocycles. The van der Waals surface area contributed by atoms with E-state index in [-0.39, 0.29) is 19.1 Å². The average molecular weight is 301 g/mol. The van der Waals surface area contributed by atoms with Gasteiger partial charge < -0.3 is 19.9 Å². The number of nitrogens with one attached hydrogen (secondary N) is 1. The van der Waals surface area contributed by atoms with Crippen LogP contribution in [0.1, 0.15) is 10.4 Å². The normalized spacial score (nSPS) is 11.5. The van der Waals surface area contributed by atoms with Gasteiger partial charge in [0.1, 0.15) is 24.2 Å². The molecule has 0 saturated carbocycles. The summed E-state index contributed by atoms with van der Waals surface area (Å²) in [5.74, 6) is 1.15. The maximum atomic E-state index is 11.8. The third kappa shape index (κ3) is 4.79. The minimum atomic E-state index is -0.783. The number of rotatable bonds is 7. The quantitative estimate of drug-likeness (QED) is 0.819. The van der Waals surface area contributed by atoms with Gasteiger partial charge in [-0.1, -0.05) is 18.2 Å². The highest BCUT2D eigenvalue weighted by Crippen LogP contribution is 2.16. The summed E-state index contributed by atoms with van der Waals surface area (Å²) in [5.41, 5.74) is 0.561. The smallest absolute Gasteiger partial charge is 0.251 e. The van der Waals surface area contributed by atoms with Crippen LogP contribution in [0, 0.1) is 0 Å². The summed E-state index contributed by atoms with van der Waals surface area (Å²) in [6.07, 6.45) is -0.783. The van der Waals surface area contributed by atoms with Gasteiger partial charge in [-0.2, -0.15) is 0 Å². The maximum absolute atomic E-state index is 11.8. The Morgan fingerprint density at radius 2 is 1.73 bits per heavy atom. The van der Waals surface area contributed by atoms with Crippen LogP contribution in [0.2, 0.25) is 0 Å². The first-order valence-corrected chi connectivity index (χ1v) is 6.97. The lowest BCUT2D eigenvalue weighted by molar-refractivity contribution is 0.0843. The van der Waals surface area contributed by atoms with Crippen molar-refractivity contribution < 1.29 is 19.4 Å². The van der Waals surface area contributed by atoms with Crippen LogP contribution in [0.25, 0.3) is 0 Å². The van der Waals surface area contributed by atoms with Crippen molar-refractivity contribution in [3.63, 3.8) is 0 Å². The number of methoxy groups -OCH3 is 1. The van der Waals surface area contributed by atoms with Crippen molar-refractivity contribution in [2.24, 2.45) is 0 Å². The van der Waals surface area contributed by atoms with Gasteiger partial charge in [-0.15, -0.1) is 0 Å². The highest BCUT2D eigenvalue weighted by Gasteiger charge is 2.09. The molecule has 0 aliphatic carbocycles. The summed E-state index contributed by atoms with van der Waals surface area (Å²) in [6.45, 7) is 0.227. The summed E-state index contributed by atoms with van der Waals surface area (Å²) in [5, 5.41) is 12.5. The number of benzene rings is 2. The molecule has 0 aromatic heterocycles. The third-order valence-corrected chi connectivity index (χ3v) is 3.04. The zero-order chi connectivity index (χ0) is 15.8. The first kappa shape index (κ1) is 15.9. The summed E-state index contributed by atoms with van der Waals surface area (Å²) < 4.78 is 10.5. The van der Waals surface area contributed by atoms with Crippen molar-refractivity contribution in [3.8, 4) is 11.5 Å².